The van der Waals surface area contributed by atoms with Gasteiger partial charge in [0.05, 0.1) is 16.7 Å². The Hall–Kier alpha value is -1.38. The van der Waals surface area contributed by atoms with Gasteiger partial charge in [-0.2, -0.15) is 0 Å². The molecule has 0 aliphatic heterocycles. The van der Waals surface area contributed by atoms with E-state index in [4.69, 9.17) is 27.9 Å². The number of ether oxygens (including phenoxy) is 1. The number of anilines is 1. The highest BCUT2D eigenvalue weighted by Crippen LogP contribution is 2.29. The highest BCUT2D eigenvalue weighted by atomic mass is 35.5. The van der Waals surface area contributed by atoms with E-state index in [2.05, 4.69) is 19.2 Å². The fraction of sp³-hybridized carbons (Fsp3) is 0.294. The largest absolute Gasteiger partial charge is 0.494 e. The molecule has 1 atom stereocenters. The van der Waals surface area contributed by atoms with Gasteiger partial charge < -0.3 is 10.1 Å². The molecule has 0 aromatic heterocycles. The third kappa shape index (κ3) is 4.05. The Bertz CT molecular complexity index is 628. The van der Waals surface area contributed by atoms with Crippen molar-refractivity contribution in [3.8, 4) is 5.75 Å². The minimum absolute atomic E-state index is 0.136. The molecule has 0 amide bonds. The van der Waals surface area contributed by atoms with Crippen LogP contribution in [-0.4, -0.2) is 6.61 Å². The van der Waals surface area contributed by atoms with Crippen LogP contribution in [-0.2, 0) is 0 Å². The average Bonchev–Trinajstić information content (AvgIpc) is 2.45. The number of halogens is 2. The zero-order valence-electron chi connectivity index (χ0n) is 12.4. The Morgan fingerprint density at radius 1 is 1.10 bits per heavy atom. The summed E-state index contributed by atoms with van der Waals surface area (Å²) >= 11 is 12.0. The van der Waals surface area contributed by atoms with Gasteiger partial charge in [0.2, 0.25) is 0 Å². The Morgan fingerprint density at radius 2 is 1.86 bits per heavy atom. The Morgan fingerprint density at radius 3 is 2.48 bits per heavy atom. The van der Waals surface area contributed by atoms with E-state index < -0.39 is 0 Å². The van der Waals surface area contributed by atoms with Gasteiger partial charge in [0, 0.05) is 11.7 Å². The molecular weight excluding hydrogens is 305 g/mol. The number of nitrogens with one attached hydrogen (secondary N) is 1. The van der Waals surface area contributed by atoms with Gasteiger partial charge >= 0.3 is 0 Å². The Labute approximate surface area is 136 Å². The molecule has 112 valence electrons. The predicted octanol–water partition coefficient (Wildman–Crippen LogP) is 5.87. The fourth-order valence-electron chi connectivity index (χ4n) is 2.15. The smallest absolute Gasteiger partial charge is 0.119 e. The van der Waals surface area contributed by atoms with Gasteiger partial charge in [-0.3, -0.25) is 0 Å². The highest BCUT2D eigenvalue weighted by Gasteiger charge is 2.09. The summed E-state index contributed by atoms with van der Waals surface area (Å²) in [4.78, 5) is 0. The van der Waals surface area contributed by atoms with Crippen LogP contribution in [0.4, 0.5) is 5.69 Å². The number of hydrogen-bond acceptors (Lipinski definition) is 2. The zero-order chi connectivity index (χ0) is 15.4. The Balaban J connectivity index is 2.15. The molecule has 0 aliphatic rings. The Kier molecular flexibility index (Phi) is 5.38. The summed E-state index contributed by atoms with van der Waals surface area (Å²) in [7, 11) is 0. The number of rotatable bonds is 5. The molecule has 0 saturated heterocycles. The molecular formula is C17H19Cl2NO. The third-order valence-corrected chi connectivity index (χ3v) is 4.06. The van der Waals surface area contributed by atoms with Gasteiger partial charge in [-0.15, -0.1) is 0 Å². The predicted molar refractivity (Wildman–Crippen MR) is 90.8 cm³/mol. The molecule has 0 aliphatic carbocycles. The molecule has 2 rings (SSSR count). The lowest BCUT2D eigenvalue weighted by atomic mass is 10.1. The second-order valence-electron chi connectivity index (χ2n) is 4.95. The van der Waals surface area contributed by atoms with Crippen LogP contribution < -0.4 is 10.1 Å². The molecule has 2 aromatic carbocycles. The van der Waals surface area contributed by atoms with E-state index in [1.54, 1.807) is 0 Å². The first-order valence-corrected chi connectivity index (χ1v) is 7.71. The summed E-state index contributed by atoms with van der Waals surface area (Å²) in [5, 5.41) is 4.63. The van der Waals surface area contributed by atoms with Gasteiger partial charge in [-0.25, -0.2) is 0 Å². The van der Waals surface area contributed by atoms with E-state index >= 15 is 0 Å². The molecule has 2 aromatic rings. The minimum atomic E-state index is 0.136. The van der Waals surface area contributed by atoms with Crippen molar-refractivity contribution in [2.45, 2.75) is 26.8 Å². The second kappa shape index (κ2) is 7.06. The molecule has 2 nitrogen and oxygen atoms in total. The first-order chi connectivity index (χ1) is 10.0. The van der Waals surface area contributed by atoms with Crippen LogP contribution >= 0.6 is 23.2 Å². The maximum atomic E-state index is 6.07. The van der Waals surface area contributed by atoms with Crippen molar-refractivity contribution < 1.29 is 4.74 Å². The molecule has 0 saturated carbocycles. The lowest BCUT2D eigenvalue weighted by Gasteiger charge is -2.18. The molecule has 0 heterocycles. The number of benzene rings is 2. The topological polar surface area (TPSA) is 21.3 Å². The van der Waals surface area contributed by atoms with Crippen molar-refractivity contribution >= 4 is 28.9 Å². The van der Waals surface area contributed by atoms with Gasteiger partial charge in [0.15, 0.2) is 0 Å². The van der Waals surface area contributed by atoms with E-state index in [9.17, 15) is 0 Å². The number of hydrogen-bond donors (Lipinski definition) is 1. The zero-order valence-corrected chi connectivity index (χ0v) is 13.9. The molecule has 21 heavy (non-hydrogen) atoms. The van der Waals surface area contributed by atoms with Gasteiger partial charge in [0.25, 0.3) is 0 Å². The summed E-state index contributed by atoms with van der Waals surface area (Å²) in [5.74, 6) is 0.891. The van der Waals surface area contributed by atoms with Crippen LogP contribution in [0.3, 0.4) is 0 Å². The maximum Gasteiger partial charge on any atom is 0.119 e. The van der Waals surface area contributed by atoms with E-state index in [1.807, 2.05) is 43.3 Å². The maximum absolute atomic E-state index is 6.07. The monoisotopic (exact) mass is 323 g/mol. The van der Waals surface area contributed by atoms with Crippen molar-refractivity contribution in [1.82, 2.24) is 0 Å². The molecule has 0 radical (unpaired) electrons. The van der Waals surface area contributed by atoms with E-state index in [0.717, 1.165) is 22.6 Å². The standard InChI is InChI=1S/C17H19Cl2NO/c1-4-21-14-6-8-17(11(2)9-14)20-12(3)13-5-7-15(18)16(19)10-13/h5-10,12,20H,4H2,1-3H3. The highest BCUT2D eigenvalue weighted by molar-refractivity contribution is 6.42. The van der Waals surface area contributed by atoms with E-state index in [1.165, 1.54) is 0 Å². The van der Waals surface area contributed by atoms with E-state index in [-0.39, 0.29) is 6.04 Å². The summed E-state index contributed by atoms with van der Waals surface area (Å²) in [6, 6.07) is 11.9. The van der Waals surface area contributed by atoms with Crippen molar-refractivity contribution in [3.63, 3.8) is 0 Å². The van der Waals surface area contributed by atoms with Crippen LogP contribution in [0.2, 0.25) is 10.0 Å². The van der Waals surface area contributed by atoms with Crippen LogP contribution in [0.5, 0.6) is 5.75 Å². The first-order valence-electron chi connectivity index (χ1n) is 6.96. The first kappa shape index (κ1) is 16.0. The van der Waals surface area contributed by atoms with Gasteiger partial charge in [-0.1, -0.05) is 29.3 Å². The molecule has 0 fully saturated rings. The molecule has 1 unspecified atom stereocenters. The average molecular weight is 324 g/mol. The van der Waals surface area contributed by atoms with Crippen LogP contribution in [0.15, 0.2) is 36.4 Å². The third-order valence-electron chi connectivity index (χ3n) is 3.32. The van der Waals surface area contributed by atoms with Crippen molar-refractivity contribution in [2.75, 3.05) is 11.9 Å². The second-order valence-corrected chi connectivity index (χ2v) is 5.76. The van der Waals surface area contributed by atoms with Gasteiger partial charge in [-0.05, 0) is 62.2 Å². The summed E-state index contributed by atoms with van der Waals surface area (Å²) in [6.07, 6.45) is 0. The summed E-state index contributed by atoms with van der Waals surface area (Å²) < 4.78 is 5.50. The fourth-order valence-corrected chi connectivity index (χ4v) is 2.46. The molecule has 4 heteroatoms. The number of aryl methyl sites for hydroxylation is 1. The van der Waals surface area contributed by atoms with Gasteiger partial charge in [0.1, 0.15) is 5.75 Å². The van der Waals surface area contributed by atoms with Crippen molar-refractivity contribution in [1.29, 1.82) is 0 Å². The molecule has 0 spiro atoms. The molecule has 1 N–H and O–H groups in total. The minimum Gasteiger partial charge on any atom is -0.494 e. The van der Waals surface area contributed by atoms with E-state index in [0.29, 0.717) is 16.7 Å². The van der Waals surface area contributed by atoms with Crippen molar-refractivity contribution in [3.05, 3.63) is 57.6 Å². The summed E-state index contributed by atoms with van der Waals surface area (Å²) in [6.45, 7) is 6.81. The lowest BCUT2D eigenvalue weighted by Crippen LogP contribution is -2.07. The molecule has 0 bridgehead atoms. The van der Waals surface area contributed by atoms with Crippen LogP contribution in [0, 0.1) is 6.92 Å². The van der Waals surface area contributed by atoms with Crippen LogP contribution in [0.25, 0.3) is 0 Å². The lowest BCUT2D eigenvalue weighted by molar-refractivity contribution is 0.340. The SMILES string of the molecule is CCOc1ccc(NC(C)c2ccc(Cl)c(Cl)c2)c(C)c1. The normalized spacial score (nSPS) is 12.0. The quantitative estimate of drug-likeness (QED) is 0.742. The van der Waals surface area contributed by atoms with Crippen molar-refractivity contribution in [2.24, 2.45) is 0 Å². The summed E-state index contributed by atoms with van der Waals surface area (Å²) in [5.41, 5.74) is 3.32. The van der Waals surface area contributed by atoms with Crippen LogP contribution in [0.1, 0.15) is 31.0 Å².